The van der Waals surface area contributed by atoms with Gasteiger partial charge in [-0.2, -0.15) is 10.1 Å². The van der Waals surface area contributed by atoms with Gasteiger partial charge in [0.05, 0.1) is 11.7 Å². The summed E-state index contributed by atoms with van der Waals surface area (Å²) in [6, 6.07) is 4.69. The van der Waals surface area contributed by atoms with Crippen molar-refractivity contribution in [2.24, 2.45) is 0 Å². The van der Waals surface area contributed by atoms with E-state index in [9.17, 15) is 0 Å². The average Bonchev–Trinajstić information content (AvgIpc) is 3.20. The maximum absolute atomic E-state index is 4.62. The smallest absolute Gasteiger partial charge is 0.224 e. The van der Waals surface area contributed by atoms with Gasteiger partial charge < -0.3 is 10.3 Å². The molecule has 25 heavy (non-hydrogen) atoms. The predicted octanol–water partition coefficient (Wildman–Crippen LogP) is 3.88. The Hall–Kier alpha value is -3.15. The maximum atomic E-state index is 4.62. The molecule has 1 fully saturated rings. The summed E-state index contributed by atoms with van der Waals surface area (Å²) in [5.41, 5.74) is 5.09. The summed E-state index contributed by atoms with van der Waals surface area (Å²) in [6.45, 7) is 3.85. The number of aromatic amines is 1. The van der Waals surface area contributed by atoms with Crippen LogP contribution in [0.1, 0.15) is 24.8 Å². The van der Waals surface area contributed by atoms with Crippen LogP contribution in [0, 0.1) is 0 Å². The predicted molar refractivity (Wildman–Crippen MR) is 99.4 cm³/mol. The van der Waals surface area contributed by atoms with Crippen molar-refractivity contribution >= 4 is 28.6 Å². The van der Waals surface area contributed by atoms with Crippen molar-refractivity contribution < 1.29 is 0 Å². The number of aromatic nitrogens is 5. The minimum atomic E-state index is 0.522. The van der Waals surface area contributed by atoms with Gasteiger partial charge in [0.15, 0.2) is 0 Å². The SMILES string of the molecule is C=Cc1cnn2ccc(-c3c[nH]c4nc(NC5CCC5)ncc34)cc12. The molecule has 6 nitrogen and oxygen atoms in total. The molecule has 6 heteroatoms. The van der Waals surface area contributed by atoms with Crippen LogP contribution >= 0.6 is 0 Å². The lowest BCUT2D eigenvalue weighted by molar-refractivity contribution is 0.443. The van der Waals surface area contributed by atoms with Crippen LogP contribution in [0.15, 0.2) is 43.5 Å². The fraction of sp³-hybridized carbons (Fsp3) is 0.211. The Kier molecular flexibility index (Phi) is 3.09. The Balaban J connectivity index is 1.56. The van der Waals surface area contributed by atoms with Crippen molar-refractivity contribution in [3.63, 3.8) is 0 Å². The summed E-state index contributed by atoms with van der Waals surface area (Å²) in [7, 11) is 0. The Morgan fingerprint density at radius 1 is 1.32 bits per heavy atom. The molecular formula is C19H18N6. The summed E-state index contributed by atoms with van der Waals surface area (Å²) in [5, 5.41) is 8.74. The lowest BCUT2D eigenvalue weighted by Gasteiger charge is -2.26. The second-order valence-corrected chi connectivity index (χ2v) is 6.48. The number of H-pyrrole nitrogens is 1. The van der Waals surface area contributed by atoms with E-state index in [2.05, 4.69) is 44.1 Å². The number of nitrogens with one attached hydrogen (secondary N) is 2. The molecule has 0 bridgehead atoms. The van der Waals surface area contributed by atoms with E-state index in [4.69, 9.17) is 0 Å². The number of nitrogens with zero attached hydrogens (tertiary/aromatic N) is 4. The van der Waals surface area contributed by atoms with Crippen molar-refractivity contribution in [2.75, 3.05) is 5.32 Å². The van der Waals surface area contributed by atoms with Gasteiger partial charge in [0.1, 0.15) is 5.65 Å². The van der Waals surface area contributed by atoms with Crippen LogP contribution in [0.3, 0.4) is 0 Å². The van der Waals surface area contributed by atoms with Crippen LogP contribution in [0.25, 0.3) is 33.8 Å². The van der Waals surface area contributed by atoms with Crippen LogP contribution in [0.4, 0.5) is 5.95 Å². The van der Waals surface area contributed by atoms with E-state index in [1.54, 1.807) is 0 Å². The molecule has 0 atom stereocenters. The third kappa shape index (κ3) is 2.29. The second-order valence-electron chi connectivity index (χ2n) is 6.48. The van der Waals surface area contributed by atoms with Crippen molar-refractivity contribution in [2.45, 2.75) is 25.3 Å². The number of hydrogen-bond donors (Lipinski definition) is 2. The molecule has 4 heterocycles. The molecule has 4 aromatic rings. The molecule has 124 valence electrons. The lowest BCUT2D eigenvalue weighted by Crippen LogP contribution is -2.27. The zero-order chi connectivity index (χ0) is 16.8. The van der Waals surface area contributed by atoms with E-state index < -0.39 is 0 Å². The number of anilines is 1. The van der Waals surface area contributed by atoms with E-state index in [1.165, 1.54) is 19.3 Å². The number of hydrogen-bond acceptors (Lipinski definition) is 4. The molecule has 0 spiro atoms. The summed E-state index contributed by atoms with van der Waals surface area (Å²) in [6.07, 6.45) is 13.2. The van der Waals surface area contributed by atoms with Crippen molar-refractivity contribution in [3.8, 4) is 11.1 Å². The van der Waals surface area contributed by atoms with Crippen LogP contribution < -0.4 is 5.32 Å². The van der Waals surface area contributed by atoms with E-state index in [0.717, 1.165) is 33.2 Å². The molecule has 2 N–H and O–H groups in total. The first kappa shape index (κ1) is 14.2. The molecule has 0 aliphatic heterocycles. The largest absolute Gasteiger partial charge is 0.351 e. The third-order valence-electron chi connectivity index (χ3n) is 4.95. The summed E-state index contributed by atoms with van der Waals surface area (Å²) in [5.74, 6) is 0.700. The van der Waals surface area contributed by atoms with Crippen LogP contribution in [0.2, 0.25) is 0 Å². The minimum absolute atomic E-state index is 0.522. The number of fused-ring (bicyclic) bond motifs is 2. The van der Waals surface area contributed by atoms with E-state index in [-0.39, 0.29) is 0 Å². The van der Waals surface area contributed by atoms with Crippen molar-refractivity contribution in [1.82, 2.24) is 24.6 Å². The normalized spacial score (nSPS) is 14.7. The van der Waals surface area contributed by atoms with Crippen molar-refractivity contribution in [1.29, 1.82) is 0 Å². The molecular weight excluding hydrogens is 312 g/mol. The number of pyridine rings is 1. The molecule has 0 radical (unpaired) electrons. The van der Waals surface area contributed by atoms with E-state index in [0.29, 0.717) is 12.0 Å². The van der Waals surface area contributed by atoms with Gasteiger partial charge >= 0.3 is 0 Å². The molecule has 4 aromatic heterocycles. The summed E-state index contributed by atoms with van der Waals surface area (Å²) >= 11 is 0. The van der Waals surface area contributed by atoms with E-state index in [1.807, 2.05) is 35.4 Å². The molecule has 1 saturated carbocycles. The van der Waals surface area contributed by atoms with Crippen LogP contribution in [-0.4, -0.2) is 30.6 Å². The van der Waals surface area contributed by atoms with E-state index >= 15 is 0 Å². The first-order chi connectivity index (χ1) is 12.3. The van der Waals surface area contributed by atoms with Gasteiger partial charge in [0.2, 0.25) is 5.95 Å². The van der Waals surface area contributed by atoms with Gasteiger partial charge in [-0.25, -0.2) is 9.50 Å². The molecule has 1 aliphatic carbocycles. The standard InChI is InChI=1S/C19H18N6/c1-2-12-9-22-25-7-6-13(8-17(12)25)15-10-20-18-16(15)11-21-19(24-18)23-14-4-3-5-14/h2,6-11,14H,1,3-5H2,(H2,20,21,23,24). The second kappa shape index (κ2) is 5.44. The van der Waals surface area contributed by atoms with Gasteiger partial charge in [-0.15, -0.1) is 0 Å². The third-order valence-corrected chi connectivity index (χ3v) is 4.95. The van der Waals surface area contributed by atoms with Crippen LogP contribution in [-0.2, 0) is 0 Å². The zero-order valence-electron chi connectivity index (χ0n) is 13.7. The first-order valence-electron chi connectivity index (χ1n) is 8.53. The van der Waals surface area contributed by atoms with Gasteiger partial charge in [-0.3, -0.25) is 0 Å². The first-order valence-corrected chi connectivity index (χ1v) is 8.53. The Morgan fingerprint density at radius 3 is 3.04 bits per heavy atom. The molecule has 1 aliphatic rings. The molecule has 5 rings (SSSR count). The topological polar surface area (TPSA) is 70.9 Å². The zero-order valence-corrected chi connectivity index (χ0v) is 13.7. The lowest BCUT2D eigenvalue weighted by atomic mass is 9.93. The fourth-order valence-electron chi connectivity index (χ4n) is 3.28. The molecule has 0 aromatic carbocycles. The highest BCUT2D eigenvalue weighted by Crippen LogP contribution is 2.30. The van der Waals surface area contributed by atoms with Gasteiger partial charge in [-0.05, 0) is 37.0 Å². The van der Waals surface area contributed by atoms with Gasteiger partial charge in [0, 0.05) is 41.1 Å². The Bertz CT molecular complexity index is 1090. The van der Waals surface area contributed by atoms with Crippen molar-refractivity contribution in [3.05, 3.63) is 49.1 Å². The summed E-state index contributed by atoms with van der Waals surface area (Å²) < 4.78 is 1.85. The Morgan fingerprint density at radius 2 is 2.24 bits per heavy atom. The molecule has 0 amide bonds. The number of rotatable bonds is 4. The summed E-state index contributed by atoms with van der Waals surface area (Å²) in [4.78, 5) is 12.4. The monoisotopic (exact) mass is 330 g/mol. The van der Waals surface area contributed by atoms with Gasteiger partial charge in [-0.1, -0.05) is 12.7 Å². The van der Waals surface area contributed by atoms with Crippen LogP contribution in [0.5, 0.6) is 0 Å². The minimum Gasteiger partial charge on any atom is -0.351 e. The fourth-order valence-corrected chi connectivity index (χ4v) is 3.28. The highest BCUT2D eigenvalue weighted by atomic mass is 15.2. The molecule has 0 saturated heterocycles. The molecule has 0 unspecified atom stereocenters. The quantitative estimate of drug-likeness (QED) is 0.596. The maximum Gasteiger partial charge on any atom is 0.224 e. The Labute approximate surface area is 144 Å². The highest BCUT2D eigenvalue weighted by molar-refractivity contribution is 5.94. The average molecular weight is 330 g/mol. The highest BCUT2D eigenvalue weighted by Gasteiger charge is 2.18. The van der Waals surface area contributed by atoms with Gasteiger partial charge in [0.25, 0.3) is 0 Å².